The summed E-state index contributed by atoms with van der Waals surface area (Å²) in [7, 11) is 0. The van der Waals surface area contributed by atoms with Crippen molar-refractivity contribution < 1.29 is 18.3 Å². The van der Waals surface area contributed by atoms with Crippen molar-refractivity contribution in [3.05, 3.63) is 21.9 Å². The van der Waals surface area contributed by atoms with Crippen LogP contribution in [0.5, 0.6) is 0 Å². The molecule has 0 nitrogen and oxygen atoms in total. The third-order valence-electron chi connectivity index (χ3n) is 1.52. The van der Waals surface area contributed by atoms with E-state index >= 15 is 0 Å². The van der Waals surface area contributed by atoms with E-state index in [9.17, 15) is 0 Å². The SMILES string of the molecule is CC(C)C1=[C]([Ru])CC=C1. The molecule has 0 spiro atoms. The molecule has 0 N–H and O–H groups in total. The van der Waals surface area contributed by atoms with E-state index in [2.05, 4.69) is 44.3 Å². The first-order chi connectivity index (χ1) is 4.22. The van der Waals surface area contributed by atoms with Gasteiger partial charge in [-0.25, -0.2) is 0 Å². The van der Waals surface area contributed by atoms with Crippen molar-refractivity contribution in [2.45, 2.75) is 20.3 Å². The molecule has 0 unspecified atom stereocenters. The Morgan fingerprint density at radius 2 is 2.22 bits per heavy atom. The molecule has 1 aliphatic rings. The molecule has 0 bridgehead atoms. The normalized spacial score (nSPS) is 18.2. The molecular weight excluding hydrogens is 197 g/mol. The standard InChI is InChI=1S/C8H11.Ru/c1-7(2)8-5-3-4-6-8;/h3,5,7H,4H2,1-2H3;. The topological polar surface area (TPSA) is 0 Å². The van der Waals surface area contributed by atoms with Crippen LogP contribution in [0.25, 0.3) is 0 Å². The molecule has 9 heavy (non-hydrogen) atoms. The molecule has 0 saturated heterocycles. The average molecular weight is 208 g/mol. The zero-order valence-corrected chi connectivity index (χ0v) is 7.53. The molecule has 0 saturated carbocycles. The Kier molecular flexibility index (Phi) is 2.24. The van der Waals surface area contributed by atoms with Crippen LogP contribution in [0.4, 0.5) is 0 Å². The van der Waals surface area contributed by atoms with Crippen molar-refractivity contribution >= 4 is 0 Å². The average Bonchev–Trinajstić information content (AvgIpc) is 2.13. The Morgan fingerprint density at radius 3 is 2.44 bits per heavy atom. The summed E-state index contributed by atoms with van der Waals surface area (Å²) >= 11 is 2.70. The van der Waals surface area contributed by atoms with Crippen LogP contribution >= 0.6 is 0 Å². The molecular formula is C8H11Ru. The number of hydrogen-bond acceptors (Lipinski definition) is 0. The number of allylic oxidation sites excluding steroid dienone is 4. The fraction of sp³-hybridized carbons (Fsp3) is 0.500. The zero-order chi connectivity index (χ0) is 6.85. The second-order valence-electron chi connectivity index (χ2n) is 2.61. The van der Waals surface area contributed by atoms with Gasteiger partial charge in [0, 0.05) is 0 Å². The van der Waals surface area contributed by atoms with Crippen LogP contribution in [-0.4, -0.2) is 0 Å². The van der Waals surface area contributed by atoms with E-state index in [0.717, 1.165) is 6.42 Å². The molecule has 1 rings (SSSR count). The fourth-order valence-electron chi connectivity index (χ4n) is 0.991. The van der Waals surface area contributed by atoms with Gasteiger partial charge >= 0.3 is 66.4 Å². The van der Waals surface area contributed by atoms with E-state index in [1.807, 2.05) is 0 Å². The van der Waals surface area contributed by atoms with E-state index in [4.69, 9.17) is 0 Å². The Morgan fingerprint density at radius 1 is 1.56 bits per heavy atom. The molecule has 51 valence electrons. The molecule has 0 aromatic rings. The molecule has 0 aromatic heterocycles. The summed E-state index contributed by atoms with van der Waals surface area (Å²) < 4.78 is 1.48. The van der Waals surface area contributed by atoms with Crippen LogP contribution in [0.1, 0.15) is 20.3 Å². The molecule has 0 atom stereocenters. The fourth-order valence-corrected chi connectivity index (χ4v) is 1.84. The second kappa shape index (κ2) is 2.79. The molecule has 0 fully saturated rings. The van der Waals surface area contributed by atoms with Gasteiger partial charge in [-0.05, 0) is 0 Å². The van der Waals surface area contributed by atoms with Crippen molar-refractivity contribution in [1.29, 1.82) is 0 Å². The van der Waals surface area contributed by atoms with Gasteiger partial charge in [0.2, 0.25) is 0 Å². The van der Waals surface area contributed by atoms with Gasteiger partial charge in [-0.15, -0.1) is 0 Å². The Hall–Kier alpha value is 0.103. The third kappa shape index (κ3) is 1.52. The molecule has 0 heterocycles. The Bertz CT molecular complexity index is 163. The van der Waals surface area contributed by atoms with Gasteiger partial charge in [-0.1, -0.05) is 0 Å². The van der Waals surface area contributed by atoms with E-state index in [0.29, 0.717) is 5.92 Å². The van der Waals surface area contributed by atoms with Crippen LogP contribution in [0.3, 0.4) is 0 Å². The van der Waals surface area contributed by atoms with Crippen LogP contribution in [0.15, 0.2) is 21.9 Å². The molecule has 0 radical (unpaired) electrons. The van der Waals surface area contributed by atoms with E-state index in [1.54, 1.807) is 0 Å². The van der Waals surface area contributed by atoms with Crippen molar-refractivity contribution in [2.24, 2.45) is 5.92 Å². The van der Waals surface area contributed by atoms with Gasteiger partial charge in [0.15, 0.2) is 0 Å². The summed E-state index contributed by atoms with van der Waals surface area (Å²) in [6.45, 7) is 4.47. The Balaban J connectivity index is 2.77. The van der Waals surface area contributed by atoms with Crippen molar-refractivity contribution in [1.82, 2.24) is 0 Å². The first-order valence-corrected chi connectivity index (χ1v) is 4.12. The van der Waals surface area contributed by atoms with Gasteiger partial charge in [0.1, 0.15) is 0 Å². The van der Waals surface area contributed by atoms with Gasteiger partial charge in [0.25, 0.3) is 0 Å². The first kappa shape index (κ1) is 7.21. The first-order valence-electron chi connectivity index (χ1n) is 3.25. The minimum absolute atomic E-state index is 0.694. The monoisotopic (exact) mass is 209 g/mol. The van der Waals surface area contributed by atoms with Gasteiger partial charge in [-0.2, -0.15) is 0 Å². The molecule has 1 heteroatoms. The maximum absolute atomic E-state index is 2.70. The third-order valence-corrected chi connectivity index (χ3v) is 2.37. The van der Waals surface area contributed by atoms with Crippen LogP contribution in [0, 0.1) is 5.92 Å². The molecule has 0 aliphatic heterocycles. The predicted molar refractivity (Wildman–Crippen MR) is 35.6 cm³/mol. The number of rotatable bonds is 1. The second-order valence-corrected chi connectivity index (χ2v) is 3.66. The molecule has 1 aliphatic carbocycles. The maximum atomic E-state index is 2.70. The van der Waals surface area contributed by atoms with E-state index in [1.165, 1.54) is 9.74 Å². The van der Waals surface area contributed by atoms with Gasteiger partial charge in [0.05, 0.1) is 0 Å². The number of hydrogen-bond donors (Lipinski definition) is 0. The van der Waals surface area contributed by atoms with Crippen molar-refractivity contribution in [3.63, 3.8) is 0 Å². The zero-order valence-electron chi connectivity index (χ0n) is 5.79. The minimum atomic E-state index is 0.694. The van der Waals surface area contributed by atoms with Crippen LogP contribution < -0.4 is 0 Å². The van der Waals surface area contributed by atoms with E-state index < -0.39 is 0 Å². The van der Waals surface area contributed by atoms with Crippen molar-refractivity contribution in [2.75, 3.05) is 0 Å². The summed E-state index contributed by atoms with van der Waals surface area (Å²) in [6, 6.07) is 0. The molecule has 0 aromatic carbocycles. The summed E-state index contributed by atoms with van der Waals surface area (Å²) in [5.74, 6) is 0.694. The van der Waals surface area contributed by atoms with Crippen LogP contribution in [0.2, 0.25) is 0 Å². The predicted octanol–water partition coefficient (Wildman–Crippen LogP) is 2.40. The summed E-state index contributed by atoms with van der Waals surface area (Å²) in [6.07, 6.45) is 5.60. The summed E-state index contributed by atoms with van der Waals surface area (Å²) in [4.78, 5) is 0. The summed E-state index contributed by atoms with van der Waals surface area (Å²) in [5.41, 5.74) is 1.51. The van der Waals surface area contributed by atoms with Gasteiger partial charge in [-0.3, -0.25) is 0 Å². The molecule has 0 amide bonds. The van der Waals surface area contributed by atoms with Crippen LogP contribution in [-0.2, 0) is 18.3 Å². The Labute approximate surface area is 66.7 Å². The quantitative estimate of drug-likeness (QED) is 0.580. The van der Waals surface area contributed by atoms with Crippen molar-refractivity contribution in [3.8, 4) is 0 Å². The summed E-state index contributed by atoms with van der Waals surface area (Å²) in [5, 5.41) is 0. The van der Waals surface area contributed by atoms with Gasteiger partial charge < -0.3 is 0 Å². The van der Waals surface area contributed by atoms with E-state index in [-0.39, 0.29) is 0 Å².